The van der Waals surface area contributed by atoms with Crippen LogP contribution in [0.4, 0.5) is 4.79 Å². The van der Waals surface area contributed by atoms with Crippen molar-refractivity contribution in [3.63, 3.8) is 0 Å². The van der Waals surface area contributed by atoms with E-state index in [1.165, 1.54) is 0 Å². The summed E-state index contributed by atoms with van der Waals surface area (Å²) in [6, 6.07) is 0. The lowest BCUT2D eigenvalue weighted by atomic mass is 9.89. The lowest BCUT2D eigenvalue weighted by Gasteiger charge is -2.18. The number of hydrogen-bond donors (Lipinski definition) is 0. The number of unbranched alkanes of at least 4 members (excludes halogenated alkanes) is 1. The number of hydrogen-bond acceptors (Lipinski definition) is 6. The van der Waals surface area contributed by atoms with E-state index in [2.05, 4.69) is 11.3 Å². The van der Waals surface area contributed by atoms with Crippen LogP contribution in [0.2, 0.25) is 0 Å². The Hall–Kier alpha value is -1.85. The molecule has 6 heteroatoms. The van der Waals surface area contributed by atoms with Crippen molar-refractivity contribution in [1.29, 1.82) is 0 Å². The van der Waals surface area contributed by atoms with Crippen LogP contribution in [0.3, 0.4) is 0 Å². The minimum atomic E-state index is -0.950. The third-order valence-electron chi connectivity index (χ3n) is 3.46. The Bertz CT molecular complexity index is 409. The van der Waals surface area contributed by atoms with E-state index >= 15 is 0 Å². The molecule has 124 valence electrons. The molecule has 1 saturated carbocycles. The molecular formula is C16H24O6. The Balaban J connectivity index is 2.04. The van der Waals surface area contributed by atoms with E-state index < -0.39 is 18.1 Å². The topological polar surface area (TPSA) is 78.9 Å². The Morgan fingerprint density at radius 3 is 2.18 bits per heavy atom. The zero-order chi connectivity index (χ0) is 16.4. The predicted molar refractivity (Wildman–Crippen MR) is 79.0 cm³/mol. The van der Waals surface area contributed by atoms with Crippen LogP contribution in [-0.2, 0) is 23.8 Å². The Labute approximate surface area is 130 Å². The summed E-state index contributed by atoms with van der Waals surface area (Å²) in [7, 11) is 0. The van der Waals surface area contributed by atoms with Crippen LogP contribution in [0.1, 0.15) is 51.9 Å². The fourth-order valence-corrected chi connectivity index (χ4v) is 2.18. The molecule has 0 saturated heterocycles. The number of esters is 2. The molecule has 0 aromatic rings. The summed E-state index contributed by atoms with van der Waals surface area (Å²) in [4.78, 5) is 34.1. The molecule has 0 aromatic heterocycles. The monoisotopic (exact) mass is 312 g/mol. The fraction of sp³-hybridized carbons (Fsp3) is 0.688. The van der Waals surface area contributed by atoms with Crippen molar-refractivity contribution in [3.05, 3.63) is 12.2 Å². The highest BCUT2D eigenvalue weighted by Crippen LogP contribution is 2.24. The van der Waals surface area contributed by atoms with E-state index in [0.29, 0.717) is 18.4 Å². The summed E-state index contributed by atoms with van der Waals surface area (Å²) < 4.78 is 14.4. The van der Waals surface area contributed by atoms with Crippen molar-refractivity contribution >= 4 is 18.1 Å². The molecule has 0 amide bonds. The summed E-state index contributed by atoms with van der Waals surface area (Å²) in [5.74, 6) is -1.10. The highest BCUT2D eigenvalue weighted by atomic mass is 16.7. The van der Waals surface area contributed by atoms with E-state index in [1.54, 1.807) is 6.92 Å². The Morgan fingerprint density at radius 1 is 1.00 bits per heavy atom. The van der Waals surface area contributed by atoms with Crippen LogP contribution < -0.4 is 0 Å². The van der Waals surface area contributed by atoms with Gasteiger partial charge < -0.3 is 14.2 Å². The first kappa shape index (κ1) is 18.2. The first-order valence-corrected chi connectivity index (χ1v) is 7.71. The minimum absolute atomic E-state index is 0.126. The van der Waals surface area contributed by atoms with E-state index in [-0.39, 0.29) is 19.1 Å². The number of ether oxygens (including phenoxy) is 3. The predicted octanol–water partition coefficient (Wildman–Crippen LogP) is 3.15. The average Bonchev–Trinajstić information content (AvgIpc) is 2.51. The Kier molecular flexibility index (Phi) is 8.25. The van der Waals surface area contributed by atoms with Gasteiger partial charge in [0.1, 0.15) is 0 Å². The van der Waals surface area contributed by atoms with Crippen molar-refractivity contribution in [1.82, 2.24) is 0 Å². The molecule has 1 aliphatic carbocycles. The van der Waals surface area contributed by atoms with Gasteiger partial charge >= 0.3 is 18.1 Å². The lowest BCUT2D eigenvalue weighted by Crippen LogP contribution is -2.24. The molecular weight excluding hydrogens is 288 g/mol. The van der Waals surface area contributed by atoms with Gasteiger partial charge in [0.05, 0.1) is 19.1 Å². The molecule has 0 heterocycles. The summed E-state index contributed by atoms with van der Waals surface area (Å²) in [5, 5.41) is 0. The largest absolute Gasteiger partial charge is 0.516 e. The summed E-state index contributed by atoms with van der Waals surface area (Å²) in [5.41, 5.74) is 0.348. The fourth-order valence-electron chi connectivity index (χ4n) is 2.18. The van der Waals surface area contributed by atoms with Gasteiger partial charge in [-0.05, 0) is 32.6 Å². The standard InChI is InChI=1S/C16H24O6/c1-12(2)14(17)20-10-6-7-11-21-16(19)22-15(18)13-8-4-3-5-9-13/h13H,1,3-11H2,2H3. The van der Waals surface area contributed by atoms with Gasteiger partial charge in [-0.25, -0.2) is 9.59 Å². The highest BCUT2D eigenvalue weighted by molar-refractivity contribution is 5.86. The van der Waals surface area contributed by atoms with Gasteiger partial charge in [0.2, 0.25) is 0 Å². The Morgan fingerprint density at radius 2 is 1.59 bits per heavy atom. The maximum atomic E-state index is 11.7. The van der Waals surface area contributed by atoms with Gasteiger partial charge in [-0.1, -0.05) is 25.8 Å². The first-order chi connectivity index (χ1) is 10.5. The smallest absolute Gasteiger partial charge is 0.462 e. The minimum Gasteiger partial charge on any atom is -0.462 e. The van der Waals surface area contributed by atoms with Crippen molar-refractivity contribution in [2.75, 3.05) is 13.2 Å². The number of carbonyl (C=O) groups is 3. The van der Waals surface area contributed by atoms with Gasteiger partial charge in [-0.2, -0.15) is 0 Å². The lowest BCUT2D eigenvalue weighted by molar-refractivity contribution is -0.145. The summed E-state index contributed by atoms with van der Waals surface area (Å²) in [6.45, 7) is 5.41. The number of carbonyl (C=O) groups excluding carboxylic acids is 3. The van der Waals surface area contributed by atoms with Crippen LogP contribution in [0.25, 0.3) is 0 Å². The molecule has 1 rings (SSSR count). The van der Waals surface area contributed by atoms with Gasteiger partial charge in [0, 0.05) is 5.57 Å². The SMILES string of the molecule is C=C(C)C(=O)OCCCCOC(=O)OC(=O)C1CCCCC1. The maximum absolute atomic E-state index is 11.7. The molecule has 0 radical (unpaired) electrons. The molecule has 0 N–H and O–H groups in total. The third-order valence-corrected chi connectivity index (χ3v) is 3.46. The zero-order valence-electron chi connectivity index (χ0n) is 13.1. The second-order valence-electron chi connectivity index (χ2n) is 5.48. The van der Waals surface area contributed by atoms with Crippen molar-refractivity contribution in [3.8, 4) is 0 Å². The molecule has 0 atom stereocenters. The molecule has 0 spiro atoms. The van der Waals surface area contributed by atoms with Crippen LogP contribution in [0.15, 0.2) is 12.2 Å². The molecule has 0 aliphatic heterocycles. The summed E-state index contributed by atoms with van der Waals surface area (Å²) in [6.07, 6.45) is 4.81. The van der Waals surface area contributed by atoms with Crippen molar-refractivity contribution in [2.24, 2.45) is 5.92 Å². The van der Waals surface area contributed by atoms with Crippen LogP contribution >= 0.6 is 0 Å². The van der Waals surface area contributed by atoms with Gasteiger partial charge in [0.15, 0.2) is 0 Å². The molecule has 0 aromatic carbocycles. The van der Waals surface area contributed by atoms with Gasteiger partial charge in [-0.15, -0.1) is 0 Å². The molecule has 22 heavy (non-hydrogen) atoms. The van der Waals surface area contributed by atoms with E-state index in [0.717, 1.165) is 32.1 Å². The molecule has 1 fully saturated rings. The van der Waals surface area contributed by atoms with Crippen LogP contribution in [-0.4, -0.2) is 31.3 Å². The second-order valence-corrected chi connectivity index (χ2v) is 5.48. The number of rotatable bonds is 7. The summed E-state index contributed by atoms with van der Waals surface area (Å²) >= 11 is 0. The van der Waals surface area contributed by atoms with E-state index in [9.17, 15) is 14.4 Å². The third kappa shape index (κ3) is 7.24. The van der Waals surface area contributed by atoms with E-state index in [1.807, 2.05) is 0 Å². The first-order valence-electron chi connectivity index (χ1n) is 7.71. The second kappa shape index (κ2) is 9.97. The van der Waals surface area contributed by atoms with Crippen LogP contribution in [0.5, 0.6) is 0 Å². The molecule has 0 unspecified atom stereocenters. The zero-order valence-corrected chi connectivity index (χ0v) is 13.1. The maximum Gasteiger partial charge on any atom is 0.516 e. The van der Waals surface area contributed by atoms with E-state index in [4.69, 9.17) is 9.47 Å². The average molecular weight is 312 g/mol. The van der Waals surface area contributed by atoms with Crippen molar-refractivity contribution < 1.29 is 28.6 Å². The molecule has 0 bridgehead atoms. The molecule has 1 aliphatic rings. The van der Waals surface area contributed by atoms with Gasteiger partial charge in [-0.3, -0.25) is 4.79 Å². The van der Waals surface area contributed by atoms with Gasteiger partial charge in [0.25, 0.3) is 0 Å². The quantitative estimate of drug-likeness (QED) is 0.311. The van der Waals surface area contributed by atoms with Crippen molar-refractivity contribution in [2.45, 2.75) is 51.9 Å². The molecule has 6 nitrogen and oxygen atoms in total. The highest BCUT2D eigenvalue weighted by Gasteiger charge is 2.25. The van der Waals surface area contributed by atoms with Crippen LogP contribution in [0, 0.1) is 5.92 Å². The normalized spacial score (nSPS) is 15.0.